The predicted octanol–water partition coefficient (Wildman–Crippen LogP) is 4.48. The van der Waals surface area contributed by atoms with Crippen LogP contribution in [0, 0.1) is 16.7 Å². The molecule has 18 heavy (non-hydrogen) atoms. The molecule has 1 nitrogen and oxygen atoms in total. The molecule has 0 aromatic carbocycles. The van der Waals surface area contributed by atoms with Crippen LogP contribution in [0.3, 0.4) is 0 Å². The zero-order valence-corrected chi connectivity index (χ0v) is 11.6. The molecule has 1 aliphatic rings. The van der Waals surface area contributed by atoms with Crippen molar-refractivity contribution in [2.45, 2.75) is 40.0 Å². The van der Waals surface area contributed by atoms with Gasteiger partial charge in [-0.2, -0.15) is 24.5 Å². The number of rotatable bonds is 2. The third-order valence-electron chi connectivity index (χ3n) is 4.76. The minimum absolute atomic E-state index is 0.0242. The van der Waals surface area contributed by atoms with Gasteiger partial charge in [-0.15, -0.1) is 0 Å². The Hall–Kier alpha value is -0.550. The molecule has 1 heterocycles. The molecular formula is C13H17F3OS. The Morgan fingerprint density at radius 1 is 1.17 bits per heavy atom. The Labute approximate surface area is 109 Å². The van der Waals surface area contributed by atoms with Crippen LogP contribution in [0.5, 0.6) is 0 Å². The van der Waals surface area contributed by atoms with Crippen molar-refractivity contribution in [2.75, 3.05) is 0 Å². The molecule has 0 spiro atoms. The lowest BCUT2D eigenvalue weighted by molar-refractivity contribution is -0.139. The average Bonchev–Trinajstić information content (AvgIpc) is 2.57. The number of aliphatic hydroxyl groups excluding tert-OH is 1. The molecule has 5 heteroatoms. The minimum atomic E-state index is -4.39. The highest BCUT2D eigenvalue weighted by Gasteiger charge is 2.67. The molecule has 0 bridgehead atoms. The van der Waals surface area contributed by atoms with E-state index in [4.69, 9.17) is 0 Å². The number of halogens is 3. The Morgan fingerprint density at radius 3 is 2.06 bits per heavy atom. The Morgan fingerprint density at radius 2 is 1.67 bits per heavy atom. The largest absolute Gasteiger partial charge is 0.417 e. The van der Waals surface area contributed by atoms with Crippen LogP contribution < -0.4 is 0 Å². The maximum atomic E-state index is 12.8. The first kappa shape index (κ1) is 13.9. The second-order valence-electron chi connectivity index (χ2n) is 6.10. The number of thiophene rings is 1. The normalized spacial score (nSPS) is 24.0. The number of alkyl halides is 3. The Kier molecular flexibility index (Phi) is 2.87. The fourth-order valence-electron chi connectivity index (χ4n) is 2.98. The molecular weight excluding hydrogens is 261 g/mol. The molecule has 1 N–H and O–H groups in total. The van der Waals surface area contributed by atoms with Crippen molar-refractivity contribution in [3.8, 4) is 0 Å². The van der Waals surface area contributed by atoms with Crippen molar-refractivity contribution < 1.29 is 18.3 Å². The van der Waals surface area contributed by atoms with Crippen LogP contribution in [-0.2, 0) is 6.18 Å². The monoisotopic (exact) mass is 278 g/mol. The number of aliphatic hydroxyl groups is 1. The summed E-state index contributed by atoms with van der Waals surface area (Å²) in [5.74, 6) is -0.138. The van der Waals surface area contributed by atoms with E-state index in [1.54, 1.807) is 0 Å². The third-order valence-corrected chi connectivity index (χ3v) is 5.53. The first-order chi connectivity index (χ1) is 8.01. The van der Waals surface area contributed by atoms with Gasteiger partial charge in [0.2, 0.25) is 0 Å². The van der Waals surface area contributed by atoms with E-state index in [1.165, 1.54) is 5.38 Å². The first-order valence-electron chi connectivity index (χ1n) is 5.82. The maximum Gasteiger partial charge on any atom is 0.417 e. The maximum absolute atomic E-state index is 12.8. The molecule has 1 aromatic rings. The van der Waals surface area contributed by atoms with E-state index in [0.717, 1.165) is 16.7 Å². The third kappa shape index (κ3) is 1.79. The van der Waals surface area contributed by atoms with Gasteiger partial charge in [0.05, 0.1) is 11.7 Å². The molecule has 0 aliphatic heterocycles. The molecule has 1 saturated carbocycles. The van der Waals surface area contributed by atoms with Crippen molar-refractivity contribution in [3.63, 3.8) is 0 Å². The van der Waals surface area contributed by atoms with E-state index >= 15 is 0 Å². The van der Waals surface area contributed by atoms with Crippen molar-refractivity contribution in [1.29, 1.82) is 0 Å². The van der Waals surface area contributed by atoms with E-state index in [1.807, 2.05) is 27.7 Å². The molecule has 0 saturated heterocycles. The zero-order valence-electron chi connectivity index (χ0n) is 10.8. The van der Waals surface area contributed by atoms with Crippen LogP contribution >= 0.6 is 11.3 Å². The molecule has 0 radical (unpaired) electrons. The van der Waals surface area contributed by atoms with Gasteiger partial charge in [-0.3, -0.25) is 0 Å². The molecule has 1 unspecified atom stereocenters. The quantitative estimate of drug-likeness (QED) is 0.845. The smallest absolute Gasteiger partial charge is 0.388 e. The minimum Gasteiger partial charge on any atom is -0.388 e. The summed E-state index contributed by atoms with van der Waals surface area (Å²) < 4.78 is 38.4. The van der Waals surface area contributed by atoms with Crippen LogP contribution in [0.15, 0.2) is 10.8 Å². The lowest BCUT2D eigenvalue weighted by atomic mass is 9.98. The van der Waals surface area contributed by atoms with Gasteiger partial charge in [0.1, 0.15) is 0 Å². The van der Waals surface area contributed by atoms with Gasteiger partial charge in [-0.05, 0) is 16.2 Å². The average molecular weight is 278 g/mol. The van der Waals surface area contributed by atoms with Crippen molar-refractivity contribution >= 4 is 11.3 Å². The Balaban J connectivity index is 2.33. The standard InChI is InChI=1S/C13H17F3OS/c1-11(2)10(12(11,3)4)9(17)7-5-18-6-8(7)13(14,15)16/h5-6,9-10,17H,1-4H3. The second kappa shape index (κ2) is 3.73. The zero-order chi connectivity index (χ0) is 13.9. The van der Waals surface area contributed by atoms with Gasteiger partial charge in [-0.1, -0.05) is 27.7 Å². The highest BCUT2D eigenvalue weighted by molar-refractivity contribution is 7.08. The summed E-state index contributed by atoms with van der Waals surface area (Å²) in [6, 6.07) is 0. The van der Waals surface area contributed by atoms with Gasteiger partial charge in [-0.25, -0.2) is 0 Å². The second-order valence-corrected chi connectivity index (χ2v) is 6.85. The van der Waals surface area contributed by atoms with Gasteiger partial charge in [0, 0.05) is 16.9 Å². The molecule has 1 aromatic heterocycles. The highest BCUT2D eigenvalue weighted by Crippen LogP contribution is 2.72. The van der Waals surface area contributed by atoms with Crippen molar-refractivity contribution in [1.82, 2.24) is 0 Å². The predicted molar refractivity (Wildman–Crippen MR) is 65.3 cm³/mol. The molecule has 102 valence electrons. The first-order valence-corrected chi connectivity index (χ1v) is 6.77. The van der Waals surface area contributed by atoms with Gasteiger partial charge in [0.15, 0.2) is 0 Å². The summed E-state index contributed by atoms with van der Waals surface area (Å²) in [6.45, 7) is 7.95. The lowest BCUT2D eigenvalue weighted by Crippen LogP contribution is -2.12. The van der Waals surface area contributed by atoms with Crippen LogP contribution in [0.1, 0.15) is 44.9 Å². The summed E-state index contributed by atoms with van der Waals surface area (Å²) in [5, 5.41) is 12.8. The summed E-state index contributed by atoms with van der Waals surface area (Å²) in [5.41, 5.74) is -0.955. The summed E-state index contributed by atoms with van der Waals surface area (Å²) >= 11 is 0.987. The number of hydrogen-bond acceptors (Lipinski definition) is 2. The van der Waals surface area contributed by atoms with Crippen molar-refractivity contribution in [3.05, 3.63) is 21.9 Å². The Bertz CT molecular complexity index is 445. The fourth-order valence-corrected chi connectivity index (χ4v) is 3.87. The van der Waals surface area contributed by atoms with Gasteiger partial charge in [0.25, 0.3) is 0 Å². The molecule has 1 aliphatic carbocycles. The van der Waals surface area contributed by atoms with Crippen LogP contribution in [0.2, 0.25) is 0 Å². The van der Waals surface area contributed by atoms with E-state index in [-0.39, 0.29) is 22.3 Å². The summed E-state index contributed by atoms with van der Waals surface area (Å²) in [6.07, 6.45) is -5.43. The molecule has 0 amide bonds. The van der Waals surface area contributed by atoms with E-state index in [2.05, 4.69) is 0 Å². The molecule has 1 fully saturated rings. The summed E-state index contributed by atoms with van der Waals surface area (Å²) in [7, 11) is 0. The SMILES string of the molecule is CC1(C)C(C(O)c2cscc2C(F)(F)F)C1(C)C. The topological polar surface area (TPSA) is 20.2 Å². The molecule has 1 atom stereocenters. The van der Waals surface area contributed by atoms with E-state index in [0.29, 0.717) is 0 Å². The fraction of sp³-hybridized carbons (Fsp3) is 0.692. The number of hydrogen-bond donors (Lipinski definition) is 1. The van der Waals surface area contributed by atoms with Gasteiger partial charge < -0.3 is 5.11 Å². The van der Waals surface area contributed by atoms with Crippen LogP contribution in [0.4, 0.5) is 13.2 Å². The van der Waals surface area contributed by atoms with Crippen molar-refractivity contribution in [2.24, 2.45) is 16.7 Å². The van der Waals surface area contributed by atoms with E-state index in [9.17, 15) is 18.3 Å². The van der Waals surface area contributed by atoms with E-state index < -0.39 is 17.8 Å². The highest BCUT2D eigenvalue weighted by atomic mass is 32.1. The summed E-state index contributed by atoms with van der Waals surface area (Å²) in [4.78, 5) is 0. The van der Waals surface area contributed by atoms with Crippen LogP contribution in [0.25, 0.3) is 0 Å². The van der Waals surface area contributed by atoms with Crippen LogP contribution in [-0.4, -0.2) is 5.11 Å². The lowest BCUT2D eigenvalue weighted by Gasteiger charge is -2.15. The van der Waals surface area contributed by atoms with Gasteiger partial charge >= 0.3 is 6.18 Å². The molecule has 2 rings (SSSR count).